The molecule has 0 radical (unpaired) electrons. The predicted molar refractivity (Wildman–Crippen MR) is 68.3 cm³/mol. The molecule has 6 heteroatoms. The summed E-state index contributed by atoms with van der Waals surface area (Å²) in [7, 11) is 3.31. The van der Waals surface area contributed by atoms with Crippen LogP contribution in [0, 0.1) is 0 Å². The summed E-state index contributed by atoms with van der Waals surface area (Å²) >= 11 is 0. The molecule has 98 valence electrons. The van der Waals surface area contributed by atoms with Gasteiger partial charge in [0, 0.05) is 25.8 Å². The second-order valence-corrected chi connectivity index (χ2v) is 3.86. The summed E-state index contributed by atoms with van der Waals surface area (Å²) in [6, 6.07) is 6.79. The average Bonchev–Trinajstić information content (AvgIpc) is 2.36. The zero-order valence-electron chi connectivity index (χ0n) is 10.5. The molecule has 2 amide bonds. The lowest BCUT2D eigenvalue weighted by Gasteiger charge is -2.12. The van der Waals surface area contributed by atoms with E-state index in [0.29, 0.717) is 11.4 Å². The molecule has 0 saturated carbocycles. The molecule has 0 aromatic heterocycles. The number of carbonyl (C=O) groups excluding carboxylic acids is 2. The van der Waals surface area contributed by atoms with Gasteiger partial charge in [-0.2, -0.15) is 0 Å². The van der Waals surface area contributed by atoms with E-state index < -0.39 is 0 Å². The van der Waals surface area contributed by atoms with Crippen LogP contribution in [0.1, 0.15) is 0 Å². The third-order valence-electron chi connectivity index (χ3n) is 2.16. The van der Waals surface area contributed by atoms with Gasteiger partial charge in [-0.05, 0) is 12.1 Å². The van der Waals surface area contributed by atoms with Crippen molar-refractivity contribution in [3.05, 3.63) is 24.3 Å². The Balaban J connectivity index is 2.59. The normalized spacial score (nSPS) is 9.72. The number of ether oxygens (including phenoxy) is 1. The van der Waals surface area contributed by atoms with E-state index in [4.69, 9.17) is 10.5 Å². The quantitative estimate of drug-likeness (QED) is 0.774. The Kier molecular flexibility index (Phi) is 5.13. The topological polar surface area (TPSA) is 84.7 Å². The minimum atomic E-state index is -0.281. The smallest absolute Gasteiger partial charge is 0.259 e. The number of amides is 2. The van der Waals surface area contributed by atoms with E-state index in [1.54, 1.807) is 38.4 Å². The van der Waals surface area contributed by atoms with Crippen LogP contribution in [0.3, 0.4) is 0 Å². The van der Waals surface area contributed by atoms with Crippen molar-refractivity contribution in [3.63, 3.8) is 0 Å². The molecule has 0 bridgehead atoms. The van der Waals surface area contributed by atoms with E-state index in [9.17, 15) is 9.59 Å². The predicted octanol–water partition coefficient (Wildman–Crippen LogP) is 0.0508. The lowest BCUT2D eigenvalue weighted by Crippen LogP contribution is -2.27. The number of likely N-dealkylation sites (N-methyl/N-ethyl adjacent to an activating group) is 1. The summed E-state index contributed by atoms with van der Waals surface area (Å²) in [5.41, 5.74) is 5.78. The molecular formula is C12H17N3O3. The summed E-state index contributed by atoms with van der Waals surface area (Å²) in [6.45, 7) is -0.120. The number of hydrogen-bond acceptors (Lipinski definition) is 4. The largest absolute Gasteiger partial charge is 0.484 e. The van der Waals surface area contributed by atoms with Crippen LogP contribution in [-0.4, -0.2) is 44.0 Å². The van der Waals surface area contributed by atoms with Gasteiger partial charge in [0.1, 0.15) is 5.75 Å². The van der Waals surface area contributed by atoms with Gasteiger partial charge >= 0.3 is 0 Å². The summed E-state index contributed by atoms with van der Waals surface area (Å²) in [6.07, 6.45) is 0. The van der Waals surface area contributed by atoms with Crippen LogP contribution in [-0.2, 0) is 9.59 Å². The molecule has 0 heterocycles. The molecule has 3 N–H and O–H groups in total. The Morgan fingerprint density at radius 1 is 1.39 bits per heavy atom. The zero-order chi connectivity index (χ0) is 13.5. The summed E-state index contributed by atoms with van der Waals surface area (Å²) in [5.74, 6) is 0.0999. The molecule has 0 aliphatic carbocycles. The Hall–Kier alpha value is -2.08. The van der Waals surface area contributed by atoms with Gasteiger partial charge in [0.2, 0.25) is 5.91 Å². The molecule has 1 rings (SSSR count). The monoisotopic (exact) mass is 251 g/mol. The molecular weight excluding hydrogens is 234 g/mol. The first-order valence-corrected chi connectivity index (χ1v) is 5.46. The fourth-order valence-corrected chi connectivity index (χ4v) is 1.15. The van der Waals surface area contributed by atoms with Crippen molar-refractivity contribution in [2.24, 2.45) is 5.73 Å². The van der Waals surface area contributed by atoms with Crippen molar-refractivity contribution in [3.8, 4) is 5.75 Å². The molecule has 0 fully saturated rings. The van der Waals surface area contributed by atoms with Crippen molar-refractivity contribution in [2.45, 2.75) is 0 Å². The van der Waals surface area contributed by atoms with Crippen LogP contribution in [0.25, 0.3) is 0 Å². The number of anilines is 1. The fraction of sp³-hybridized carbons (Fsp3) is 0.333. The second kappa shape index (κ2) is 6.61. The van der Waals surface area contributed by atoms with Gasteiger partial charge in [-0.15, -0.1) is 0 Å². The molecule has 6 nitrogen and oxygen atoms in total. The minimum Gasteiger partial charge on any atom is -0.484 e. The summed E-state index contributed by atoms with van der Waals surface area (Å²) in [4.78, 5) is 23.9. The van der Waals surface area contributed by atoms with Crippen molar-refractivity contribution in [1.29, 1.82) is 0 Å². The van der Waals surface area contributed by atoms with Crippen LogP contribution < -0.4 is 15.8 Å². The number of nitrogens with two attached hydrogens (primary N) is 1. The van der Waals surface area contributed by atoms with Gasteiger partial charge in [-0.1, -0.05) is 6.07 Å². The SMILES string of the molecule is CN(C)C(=O)COc1cccc(NC(=O)CN)c1. The first-order chi connectivity index (χ1) is 8.52. The summed E-state index contributed by atoms with van der Waals surface area (Å²) < 4.78 is 5.31. The molecule has 1 aromatic carbocycles. The highest BCUT2D eigenvalue weighted by molar-refractivity contribution is 5.92. The van der Waals surface area contributed by atoms with Crippen LogP contribution in [0.5, 0.6) is 5.75 Å². The maximum absolute atomic E-state index is 11.3. The number of carbonyl (C=O) groups is 2. The van der Waals surface area contributed by atoms with Gasteiger partial charge < -0.3 is 20.7 Å². The van der Waals surface area contributed by atoms with Crippen molar-refractivity contribution in [1.82, 2.24) is 4.90 Å². The lowest BCUT2D eigenvalue weighted by molar-refractivity contribution is -0.130. The number of nitrogens with one attached hydrogen (secondary N) is 1. The molecule has 0 atom stereocenters. The van der Waals surface area contributed by atoms with Crippen molar-refractivity contribution < 1.29 is 14.3 Å². The first-order valence-electron chi connectivity index (χ1n) is 5.46. The maximum atomic E-state index is 11.3. The Labute approximate surface area is 106 Å². The first kappa shape index (κ1) is 14.0. The van der Waals surface area contributed by atoms with Gasteiger partial charge in [-0.25, -0.2) is 0 Å². The van der Waals surface area contributed by atoms with Gasteiger partial charge in [0.15, 0.2) is 6.61 Å². The van der Waals surface area contributed by atoms with E-state index in [1.807, 2.05) is 0 Å². The van der Waals surface area contributed by atoms with Crippen LogP contribution in [0.15, 0.2) is 24.3 Å². The molecule has 0 saturated heterocycles. The average molecular weight is 251 g/mol. The van der Waals surface area contributed by atoms with Crippen LogP contribution in [0.4, 0.5) is 5.69 Å². The molecule has 18 heavy (non-hydrogen) atoms. The van der Waals surface area contributed by atoms with Gasteiger partial charge in [0.05, 0.1) is 6.54 Å². The van der Waals surface area contributed by atoms with E-state index in [-0.39, 0.29) is 25.0 Å². The number of rotatable bonds is 5. The standard InChI is InChI=1S/C12H17N3O3/c1-15(2)12(17)8-18-10-5-3-4-9(6-10)14-11(16)7-13/h3-6H,7-8,13H2,1-2H3,(H,14,16). The van der Waals surface area contributed by atoms with E-state index in [1.165, 1.54) is 4.90 Å². The number of benzene rings is 1. The molecule has 0 spiro atoms. The van der Waals surface area contributed by atoms with Crippen LogP contribution >= 0.6 is 0 Å². The fourth-order valence-electron chi connectivity index (χ4n) is 1.15. The minimum absolute atomic E-state index is 0.0404. The number of hydrogen-bond donors (Lipinski definition) is 2. The van der Waals surface area contributed by atoms with Crippen LogP contribution in [0.2, 0.25) is 0 Å². The maximum Gasteiger partial charge on any atom is 0.259 e. The van der Waals surface area contributed by atoms with E-state index in [2.05, 4.69) is 5.32 Å². The summed E-state index contributed by atoms with van der Waals surface area (Å²) in [5, 5.41) is 2.60. The van der Waals surface area contributed by atoms with Gasteiger partial charge in [-0.3, -0.25) is 9.59 Å². The molecule has 1 aromatic rings. The molecule has 0 unspecified atom stereocenters. The highest BCUT2D eigenvalue weighted by Gasteiger charge is 2.05. The third kappa shape index (κ3) is 4.42. The number of nitrogens with zero attached hydrogens (tertiary/aromatic N) is 1. The highest BCUT2D eigenvalue weighted by atomic mass is 16.5. The zero-order valence-corrected chi connectivity index (χ0v) is 10.5. The van der Waals surface area contributed by atoms with E-state index >= 15 is 0 Å². The van der Waals surface area contributed by atoms with E-state index in [0.717, 1.165) is 0 Å². The van der Waals surface area contributed by atoms with Gasteiger partial charge in [0.25, 0.3) is 5.91 Å². The molecule has 0 aliphatic heterocycles. The van der Waals surface area contributed by atoms with Crippen molar-refractivity contribution >= 4 is 17.5 Å². The Morgan fingerprint density at radius 3 is 2.72 bits per heavy atom. The third-order valence-corrected chi connectivity index (χ3v) is 2.16. The second-order valence-electron chi connectivity index (χ2n) is 3.86. The molecule has 0 aliphatic rings. The highest BCUT2D eigenvalue weighted by Crippen LogP contribution is 2.17. The Bertz CT molecular complexity index is 432. The Morgan fingerprint density at radius 2 is 2.11 bits per heavy atom. The van der Waals surface area contributed by atoms with Crippen molar-refractivity contribution in [2.75, 3.05) is 32.6 Å². The lowest BCUT2D eigenvalue weighted by atomic mass is 10.3.